The van der Waals surface area contributed by atoms with Gasteiger partial charge in [-0.15, -0.1) is 11.8 Å². The normalized spacial score (nSPS) is 11.5. The summed E-state index contributed by atoms with van der Waals surface area (Å²) in [5.74, 6) is -2.28. The molecule has 0 radical (unpaired) electrons. The number of thioether (sulfide) groups is 1. The molecule has 3 N–H and O–H groups in total. The number of hydrogen-bond donors (Lipinski definition) is 3. The molecular formula is C31H22ClF4N3O3S. The van der Waals surface area contributed by atoms with E-state index in [4.69, 9.17) is 11.6 Å². The van der Waals surface area contributed by atoms with Crippen LogP contribution in [0.2, 0.25) is 5.02 Å². The monoisotopic (exact) mass is 627 g/mol. The molecule has 0 aliphatic carbocycles. The van der Waals surface area contributed by atoms with Crippen molar-refractivity contribution in [3.8, 4) is 0 Å². The third-order valence-corrected chi connectivity index (χ3v) is 7.10. The zero-order valence-corrected chi connectivity index (χ0v) is 23.6. The summed E-state index contributed by atoms with van der Waals surface area (Å²) in [5, 5.41) is 7.63. The van der Waals surface area contributed by atoms with E-state index in [0.717, 1.165) is 30.0 Å². The summed E-state index contributed by atoms with van der Waals surface area (Å²) in [5.41, 5.74) is 0.0338. The molecule has 0 heterocycles. The van der Waals surface area contributed by atoms with Gasteiger partial charge in [0.05, 0.1) is 22.0 Å². The van der Waals surface area contributed by atoms with E-state index in [1.54, 1.807) is 54.6 Å². The van der Waals surface area contributed by atoms with E-state index in [0.29, 0.717) is 21.7 Å². The first-order valence-electron chi connectivity index (χ1n) is 12.5. The number of hydrogen-bond acceptors (Lipinski definition) is 4. The lowest BCUT2D eigenvalue weighted by atomic mass is 10.1. The van der Waals surface area contributed by atoms with Crippen molar-refractivity contribution < 1.29 is 31.9 Å². The van der Waals surface area contributed by atoms with Crippen LogP contribution in [0.5, 0.6) is 0 Å². The second-order valence-electron chi connectivity index (χ2n) is 8.94. The van der Waals surface area contributed by atoms with Crippen molar-refractivity contribution in [3.05, 3.63) is 130 Å². The van der Waals surface area contributed by atoms with Crippen LogP contribution in [-0.4, -0.2) is 23.5 Å². The predicted octanol–water partition coefficient (Wildman–Crippen LogP) is 7.64. The van der Waals surface area contributed by atoms with Gasteiger partial charge < -0.3 is 16.0 Å². The molecule has 0 saturated carbocycles. The van der Waals surface area contributed by atoms with E-state index < -0.39 is 35.3 Å². The quantitative estimate of drug-likeness (QED) is 0.101. The molecule has 0 aliphatic heterocycles. The minimum absolute atomic E-state index is 0.0285. The summed E-state index contributed by atoms with van der Waals surface area (Å²) in [6.07, 6.45) is -3.17. The minimum Gasteiger partial charge on any atom is -0.324 e. The van der Waals surface area contributed by atoms with E-state index in [1.807, 2.05) is 0 Å². The molecule has 3 amide bonds. The highest BCUT2D eigenvalue weighted by Crippen LogP contribution is 2.34. The van der Waals surface area contributed by atoms with Gasteiger partial charge in [0.1, 0.15) is 11.5 Å². The molecule has 4 rings (SSSR count). The number of carbonyl (C=O) groups is 3. The number of nitrogens with one attached hydrogen (secondary N) is 3. The Hall–Kier alpha value is -4.61. The van der Waals surface area contributed by atoms with Crippen molar-refractivity contribution in [2.45, 2.75) is 11.1 Å². The van der Waals surface area contributed by atoms with E-state index in [1.165, 1.54) is 30.3 Å². The van der Waals surface area contributed by atoms with Crippen LogP contribution in [-0.2, 0) is 15.8 Å². The lowest BCUT2D eigenvalue weighted by Gasteiger charge is -2.12. The molecule has 220 valence electrons. The van der Waals surface area contributed by atoms with Crippen molar-refractivity contribution in [3.63, 3.8) is 0 Å². The Balaban J connectivity index is 1.39. The summed E-state index contributed by atoms with van der Waals surface area (Å²) in [6, 6.07) is 22.8. The molecule has 6 nitrogen and oxygen atoms in total. The molecule has 4 aromatic rings. The maximum Gasteiger partial charge on any atom is 0.416 e. The van der Waals surface area contributed by atoms with Crippen LogP contribution in [0.1, 0.15) is 21.5 Å². The molecule has 4 aromatic carbocycles. The van der Waals surface area contributed by atoms with Crippen LogP contribution in [0.3, 0.4) is 0 Å². The first-order valence-corrected chi connectivity index (χ1v) is 13.9. The van der Waals surface area contributed by atoms with Crippen molar-refractivity contribution in [2.24, 2.45) is 0 Å². The maximum absolute atomic E-state index is 13.4. The van der Waals surface area contributed by atoms with Crippen LogP contribution in [0.15, 0.2) is 108 Å². The molecule has 0 bridgehead atoms. The number of rotatable bonds is 9. The van der Waals surface area contributed by atoms with Gasteiger partial charge >= 0.3 is 6.18 Å². The fourth-order valence-electron chi connectivity index (χ4n) is 3.63. The Labute approximate surface area is 253 Å². The highest BCUT2D eigenvalue weighted by Gasteiger charge is 2.31. The van der Waals surface area contributed by atoms with Gasteiger partial charge in [-0.05, 0) is 78.4 Å². The fourth-order valence-corrected chi connectivity index (χ4v) is 4.50. The molecule has 0 aromatic heterocycles. The Morgan fingerprint density at radius 2 is 1.51 bits per heavy atom. The lowest BCUT2D eigenvalue weighted by molar-refractivity contribution is -0.137. The second-order valence-corrected chi connectivity index (χ2v) is 10.4. The number of carbonyl (C=O) groups excluding carboxylic acids is 3. The smallest absolute Gasteiger partial charge is 0.324 e. The minimum atomic E-state index is -4.58. The molecule has 0 unspecified atom stereocenters. The predicted molar refractivity (Wildman–Crippen MR) is 159 cm³/mol. The fraction of sp³-hybridized carbons (Fsp3) is 0.0645. The third-order valence-electron chi connectivity index (χ3n) is 5.76. The van der Waals surface area contributed by atoms with Gasteiger partial charge in [-0.25, -0.2) is 4.39 Å². The molecule has 0 aliphatic rings. The third kappa shape index (κ3) is 9.19. The zero-order valence-electron chi connectivity index (χ0n) is 22.0. The van der Waals surface area contributed by atoms with Crippen LogP contribution in [0.4, 0.5) is 28.9 Å². The van der Waals surface area contributed by atoms with E-state index in [2.05, 4.69) is 16.0 Å². The molecule has 12 heteroatoms. The number of amides is 3. The van der Waals surface area contributed by atoms with Gasteiger partial charge in [0, 0.05) is 16.1 Å². The van der Waals surface area contributed by atoms with Gasteiger partial charge in [0.25, 0.3) is 11.8 Å². The van der Waals surface area contributed by atoms with Crippen LogP contribution >= 0.6 is 23.4 Å². The lowest BCUT2D eigenvalue weighted by Crippen LogP contribution is -2.30. The average molecular weight is 628 g/mol. The van der Waals surface area contributed by atoms with Crippen LogP contribution < -0.4 is 16.0 Å². The van der Waals surface area contributed by atoms with E-state index in [9.17, 15) is 31.9 Å². The van der Waals surface area contributed by atoms with Gasteiger partial charge in [0.15, 0.2) is 0 Å². The van der Waals surface area contributed by atoms with Gasteiger partial charge in [-0.1, -0.05) is 41.9 Å². The van der Waals surface area contributed by atoms with Crippen molar-refractivity contribution >= 4 is 58.5 Å². The summed E-state index contributed by atoms with van der Waals surface area (Å²) < 4.78 is 52.3. The Morgan fingerprint density at radius 3 is 2.16 bits per heavy atom. The van der Waals surface area contributed by atoms with Gasteiger partial charge in [-0.3, -0.25) is 14.4 Å². The largest absolute Gasteiger partial charge is 0.416 e. The van der Waals surface area contributed by atoms with E-state index >= 15 is 0 Å². The molecule has 0 spiro atoms. The number of anilines is 2. The number of halogens is 5. The molecule has 43 heavy (non-hydrogen) atoms. The standard InChI is InChI=1S/C31H22ClF4N3O3S/c32-25-15-8-21(31(34,35)36)17-26(25)38-28(40)18-43-24-13-11-23(12-14-24)37-30(42)27(16-19-6-9-22(33)10-7-19)39-29(41)20-4-2-1-3-5-20/h1-17H,18H2,(H,37,42)(H,38,40)(H,39,41)/b27-16-. The van der Waals surface area contributed by atoms with Gasteiger partial charge in [0.2, 0.25) is 5.91 Å². The summed E-state index contributed by atoms with van der Waals surface area (Å²) in [6.45, 7) is 0. The topological polar surface area (TPSA) is 87.3 Å². The van der Waals surface area contributed by atoms with Crippen molar-refractivity contribution in [2.75, 3.05) is 16.4 Å². The molecule has 0 saturated heterocycles. The Bertz CT molecular complexity index is 1650. The summed E-state index contributed by atoms with van der Waals surface area (Å²) in [7, 11) is 0. The number of benzene rings is 4. The van der Waals surface area contributed by atoms with Crippen LogP contribution in [0.25, 0.3) is 6.08 Å². The highest BCUT2D eigenvalue weighted by molar-refractivity contribution is 8.00. The van der Waals surface area contributed by atoms with Crippen molar-refractivity contribution in [1.82, 2.24) is 5.32 Å². The zero-order chi connectivity index (χ0) is 31.0. The SMILES string of the molecule is O=C(CSc1ccc(NC(=O)/C(=C/c2ccc(F)cc2)NC(=O)c2ccccc2)cc1)Nc1cc(C(F)(F)F)ccc1Cl. The Kier molecular flexibility index (Phi) is 10.2. The average Bonchev–Trinajstić information content (AvgIpc) is 2.98. The first kappa shape index (κ1) is 31.3. The van der Waals surface area contributed by atoms with Crippen molar-refractivity contribution in [1.29, 1.82) is 0 Å². The van der Waals surface area contributed by atoms with Gasteiger partial charge in [-0.2, -0.15) is 13.2 Å². The van der Waals surface area contributed by atoms with E-state index in [-0.39, 0.29) is 22.2 Å². The molecular weight excluding hydrogens is 606 g/mol. The molecule has 0 fully saturated rings. The summed E-state index contributed by atoms with van der Waals surface area (Å²) in [4.78, 5) is 38.9. The maximum atomic E-state index is 13.4. The highest BCUT2D eigenvalue weighted by atomic mass is 35.5. The summed E-state index contributed by atoms with van der Waals surface area (Å²) >= 11 is 7.05. The van der Waals surface area contributed by atoms with Crippen LogP contribution in [0, 0.1) is 5.82 Å². The second kappa shape index (κ2) is 14.0. The molecule has 0 atom stereocenters. The Morgan fingerprint density at radius 1 is 0.837 bits per heavy atom. The first-order chi connectivity index (χ1) is 20.5. The number of alkyl halides is 3.